The second-order valence-electron chi connectivity index (χ2n) is 7.20. The Morgan fingerprint density at radius 3 is 2.81 bits per heavy atom. The Hall–Kier alpha value is -2.43. The van der Waals surface area contributed by atoms with E-state index in [-0.39, 0.29) is 17.8 Å². The second kappa shape index (κ2) is 8.60. The first kappa shape index (κ1) is 21.8. The minimum absolute atomic E-state index is 0.147. The molecule has 1 unspecified atom stereocenters. The molecule has 2 aromatic rings. The molecule has 0 amide bonds. The number of carbonyl (C=O) groups excluding carboxylic acids is 1. The number of nitrogens with zero attached hydrogens (tertiary/aromatic N) is 3. The molecule has 1 aromatic carbocycles. The van der Waals surface area contributed by atoms with E-state index in [0.717, 1.165) is 18.9 Å². The molecule has 4 rings (SSSR count). The van der Waals surface area contributed by atoms with Crippen molar-refractivity contribution >= 4 is 52.7 Å². The molecule has 3 heterocycles. The van der Waals surface area contributed by atoms with Crippen LogP contribution in [0.4, 0.5) is 15.9 Å². The highest BCUT2D eigenvalue weighted by molar-refractivity contribution is 14.2. The van der Waals surface area contributed by atoms with Crippen LogP contribution in [-0.2, 0) is 10.2 Å². The van der Waals surface area contributed by atoms with Gasteiger partial charge in [-0.2, -0.15) is 18.0 Å². The molecule has 0 bridgehead atoms. The highest BCUT2D eigenvalue weighted by Gasteiger charge is 2.34. The summed E-state index contributed by atoms with van der Waals surface area (Å²) in [4.78, 5) is 17.5. The van der Waals surface area contributed by atoms with Gasteiger partial charge in [-0.3, -0.25) is 9.52 Å². The Morgan fingerprint density at radius 2 is 2.13 bits per heavy atom. The molecular formula is C20H19FIN5O3S. The van der Waals surface area contributed by atoms with Crippen LogP contribution in [0.3, 0.4) is 0 Å². The summed E-state index contributed by atoms with van der Waals surface area (Å²) in [6, 6.07) is 6.01. The Bertz CT molecular complexity index is 1220. The highest BCUT2D eigenvalue weighted by atomic mass is 127. The van der Waals surface area contributed by atoms with Gasteiger partial charge in [-0.25, -0.2) is 9.37 Å². The monoisotopic (exact) mass is 555 g/mol. The Kier molecular flexibility index (Phi) is 6.05. The van der Waals surface area contributed by atoms with E-state index in [9.17, 15) is 17.6 Å². The number of nitrogens with one attached hydrogen (secondary N) is 2. The molecule has 8 nitrogen and oxygen atoms in total. The lowest BCUT2D eigenvalue weighted by Gasteiger charge is -2.20. The van der Waals surface area contributed by atoms with Crippen molar-refractivity contribution in [3.63, 3.8) is 0 Å². The number of rotatable bonds is 6. The third-order valence-electron chi connectivity index (χ3n) is 5.33. The number of carbonyl (C=O) groups is 1. The van der Waals surface area contributed by atoms with Crippen molar-refractivity contribution in [2.75, 3.05) is 29.7 Å². The zero-order chi connectivity index (χ0) is 22.2. The van der Waals surface area contributed by atoms with Gasteiger partial charge >= 0.3 is 10.2 Å². The standard InChI is InChI=1S/C20H19FIN5O3S/c1-22-18-16(26-31(29,30)27-6-2-3-7-27)5-4-15(21)17(18)19(28)14-11-25-20-13(14)8-12(9-23)10-24-20/h4-5,8,10,14,26H,1-3,6-7,11H2,(H,24,25). The molecule has 1 fully saturated rings. The number of fused-ring (bicyclic) bond motifs is 1. The minimum Gasteiger partial charge on any atom is -0.369 e. The van der Waals surface area contributed by atoms with Gasteiger partial charge in [-0.05, 0) is 31.0 Å². The Morgan fingerprint density at radius 1 is 1.39 bits per heavy atom. The average molecular weight is 555 g/mol. The summed E-state index contributed by atoms with van der Waals surface area (Å²) in [6.07, 6.45) is 2.98. The van der Waals surface area contributed by atoms with Crippen molar-refractivity contribution in [1.29, 1.82) is 5.26 Å². The predicted molar refractivity (Wildman–Crippen MR) is 124 cm³/mol. The number of benzene rings is 1. The van der Waals surface area contributed by atoms with Gasteiger partial charge in [-0.15, -0.1) is 0 Å². The number of nitriles is 1. The average Bonchev–Trinajstić information content (AvgIpc) is 3.44. The van der Waals surface area contributed by atoms with Crippen LogP contribution in [0.15, 0.2) is 24.4 Å². The number of pyridine rings is 1. The Balaban J connectivity index is 1.73. The van der Waals surface area contributed by atoms with Crippen LogP contribution < -0.4 is 10.0 Å². The molecule has 2 aliphatic rings. The second-order valence-corrected chi connectivity index (χ2v) is 10.7. The molecule has 0 radical (unpaired) electrons. The lowest BCUT2D eigenvalue weighted by molar-refractivity contribution is 0.0961. The van der Waals surface area contributed by atoms with Crippen LogP contribution in [0.1, 0.15) is 40.2 Å². The maximum atomic E-state index is 14.9. The number of halogens is 2. The number of Topliss-reactive ketones (excluding diaryl/α,β-unsaturated/α-hetero) is 1. The molecular weight excluding hydrogens is 536 g/mol. The molecule has 2 N–H and O–H groups in total. The number of hydrogen-bond acceptors (Lipinski definition) is 6. The van der Waals surface area contributed by atoms with Gasteiger partial charge in [0.25, 0.3) is 0 Å². The summed E-state index contributed by atoms with van der Waals surface area (Å²) in [5.41, 5.74) is 0.873. The molecule has 2 aliphatic heterocycles. The van der Waals surface area contributed by atoms with Gasteiger partial charge in [0.1, 0.15) is 17.7 Å². The summed E-state index contributed by atoms with van der Waals surface area (Å²) >= 11 is -1.09. The minimum atomic E-state index is -3.80. The van der Waals surface area contributed by atoms with E-state index in [1.165, 1.54) is 16.6 Å². The largest absolute Gasteiger partial charge is 0.369 e. The lowest BCUT2D eigenvalue weighted by Crippen LogP contribution is -2.33. The van der Waals surface area contributed by atoms with Gasteiger partial charge in [-0.1, -0.05) is 25.2 Å². The van der Waals surface area contributed by atoms with Crippen LogP contribution in [0.5, 0.6) is 0 Å². The van der Waals surface area contributed by atoms with Gasteiger partial charge in [0.15, 0.2) is 5.78 Å². The number of ketones is 1. The fraction of sp³-hybridized carbons (Fsp3) is 0.300. The molecule has 1 saturated heterocycles. The lowest BCUT2D eigenvalue weighted by atomic mass is 9.92. The van der Waals surface area contributed by atoms with Crippen molar-refractivity contribution < 1.29 is 17.6 Å². The van der Waals surface area contributed by atoms with Crippen molar-refractivity contribution in [2.24, 2.45) is 0 Å². The van der Waals surface area contributed by atoms with E-state index in [4.69, 9.17) is 5.26 Å². The summed E-state index contributed by atoms with van der Waals surface area (Å²) in [5.74, 6) is -1.45. The maximum absolute atomic E-state index is 14.9. The summed E-state index contributed by atoms with van der Waals surface area (Å²) < 4.78 is 48.4. The first-order valence-corrected chi connectivity index (χ1v) is 13.6. The third-order valence-corrected chi connectivity index (χ3v) is 8.73. The topological polar surface area (TPSA) is 115 Å². The maximum Gasteiger partial charge on any atom is 0.301 e. The molecule has 0 aliphatic carbocycles. The van der Waals surface area contributed by atoms with Gasteiger partial charge in [0, 0.05) is 35.0 Å². The number of hydrogen-bond donors (Lipinski definition) is 2. The first-order valence-electron chi connectivity index (χ1n) is 9.52. The van der Waals surface area contributed by atoms with Crippen LogP contribution in [0, 0.1) is 20.7 Å². The Labute approximate surface area is 189 Å². The zero-order valence-electron chi connectivity index (χ0n) is 16.4. The fourth-order valence-electron chi connectivity index (χ4n) is 3.80. The first-order chi connectivity index (χ1) is 14.9. The zero-order valence-corrected chi connectivity index (χ0v) is 19.3. The van der Waals surface area contributed by atoms with E-state index in [1.54, 1.807) is 6.07 Å². The molecule has 31 heavy (non-hydrogen) atoms. The number of aromatic nitrogens is 1. The van der Waals surface area contributed by atoms with Crippen molar-refractivity contribution in [2.45, 2.75) is 18.8 Å². The van der Waals surface area contributed by atoms with Gasteiger partial charge in [0.2, 0.25) is 0 Å². The van der Waals surface area contributed by atoms with Gasteiger partial charge in [0.05, 0.1) is 22.7 Å². The van der Waals surface area contributed by atoms with Crippen LogP contribution in [0.25, 0.3) is 0 Å². The summed E-state index contributed by atoms with van der Waals surface area (Å²) in [5, 5.41) is 12.2. The molecule has 0 saturated carbocycles. The van der Waals surface area contributed by atoms with Crippen LogP contribution in [0.2, 0.25) is 0 Å². The van der Waals surface area contributed by atoms with Crippen LogP contribution in [-0.4, -0.2) is 47.6 Å². The molecule has 11 heteroatoms. The number of anilines is 2. The normalized spacial score (nSPS) is 18.3. The SMILES string of the molecule is C=Ic1c(NS(=O)(=O)N2CCCC2)ccc(F)c1C(=O)C1CNc2ncc(C#N)cc21. The summed E-state index contributed by atoms with van der Waals surface area (Å²) in [6.45, 7) is 1.07. The molecule has 1 atom stereocenters. The molecule has 0 spiro atoms. The van der Waals surface area contributed by atoms with Crippen molar-refractivity contribution in [1.82, 2.24) is 9.29 Å². The van der Waals surface area contributed by atoms with E-state index < -0.39 is 48.5 Å². The fourth-order valence-corrected chi connectivity index (χ4v) is 6.93. The van der Waals surface area contributed by atoms with E-state index in [1.807, 2.05) is 6.07 Å². The van der Waals surface area contributed by atoms with Crippen molar-refractivity contribution in [3.8, 4) is 6.07 Å². The highest BCUT2D eigenvalue weighted by Crippen LogP contribution is 2.37. The smallest absolute Gasteiger partial charge is 0.301 e. The van der Waals surface area contributed by atoms with E-state index >= 15 is 0 Å². The summed E-state index contributed by atoms with van der Waals surface area (Å²) in [7, 11) is -3.80. The van der Waals surface area contributed by atoms with Gasteiger partial charge < -0.3 is 5.32 Å². The van der Waals surface area contributed by atoms with E-state index in [2.05, 4.69) is 19.5 Å². The third kappa shape index (κ3) is 4.07. The van der Waals surface area contributed by atoms with Crippen LogP contribution >= 0.6 is 20.7 Å². The molecule has 1 aromatic heterocycles. The van der Waals surface area contributed by atoms with E-state index in [0.29, 0.717) is 33.6 Å². The quantitative estimate of drug-likeness (QED) is 0.419. The predicted octanol–water partition coefficient (Wildman–Crippen LogP) is 2.81. The van der Waals surface area contributed by atoms with Crippen molar-refractivity contribution in [3.05, 3.63) is 50.5 Å². The molecule has 162 valence electrons.